The van der Waals surface area contributed by atoms with Gasteiger partial charge in [0.1, 0.15) is 11.6 Å². The zero-order chi connectivity index (χ0) is 21.5. The number of hydrogen-bond acceptors (Lipinski definition) is 3. The SMILES string of the molecule is O=C(NCc1nc2ccccc2n1CCCCOc1ccccc1)c1cccc(Cl)c1. The van der Waals surface area contributed by atoms with E-state index in [1.807, 2.05) is 48.5 Å². The van der Waals surface area contributed by atoms with E-state index in [0.29, 0.717) is 23.7 Å². The summed E-state index contributed by atoms with van der Waals surface area (Å²) < 4.78 is 7.96. The van der Waals surface area contributed by atoms with Gasteiger partial charge < -0.3 is 14.6 Å². The topological polar surface area (TPSA) is 56.2 Å². The Morgan fingerprint density at radius 3 is 2.61 bits per heavy atom. The predicted octanol–water partition coefficient (Wildman–Crippen LogP) is 5.48. The van der Waals surface area contributed by atoms with Crippen molar-refractivity contribution in [3.05, 3.63) is 95.3 Å². The lowest BCUT2D eigenvalue weighted by molar-refractivity contribution is 0.0949. The van der Waals surface area contributed by atoms with Crippen LogP contribution in [0.15, 0.2) is 78.9 Å². The minimum Gasteiger partial charge on any atom is -0.494 e. The van der Waals surface area contributed by atoms with Gasteiger partial charge in [0, 0.05) is 17.1 Å². The number of nitrogens with zero attached hydrogens (tertiary/aromatic N) is 2. The number of carbonyl (C=O) groups is 1. The number of carbonyl (C=O) groups excluding carboxylic acids is 1. The van der Waals surface area contributed by atoms with E-state index in [0.717, 1.165) is 42.0 Å². The summed E-state index contributed by atoms with van der Waals surface area (Å²) in [5.41, 5.74) is 2.53. The van der Waals surface area contributed by atoms with Crippen LogP contribution in [0.5, 0.6) is 5.75 Å². The Labute approximate surface area is 186 Å². The number of para-hydroxylation sites is 3. The first-order valence-corrected chi connectivity index (χ1v) is 10.7. The summed E-state index contributed by atoms with van der Waals surface area (Å²) in [5, 5.41) is 3.50. The Bertz CT molecular complexity index is 1160. The molecule has 4 rings (SSSR count). The normalized spacial score (nSPS) is 10.9. The maximum atomic E-state index is 12.5. The molecule has 0 fully saturated rings. The number of aromatic nitrogens is 2. The summed E-state index contributed by atoms with van der Waals surface area (Å²) in [5.74, 6) is 1.55. The van der Waals surface area contributed by atoms with E-state index in [2.05, 4.69) is 16.0 Å². The van der Waals surface area contributed by atoms with Gasteiger partial charge in [-0.05, 0) is 55.3 Å². The molecule has 158 valence electrons. The Balaban J connectivity index is 1.39. The molecule has 0 saturated carbocycles. The van der Waals surface area contributed by atoms with E-state index < -0.39 is 0 Å². The van der Waals surface area contributed by atoms with E-state index in [-0.39, 0.29) is 5.91 Å². The monoisotopic (exact) mass is 433 g/mol. The third-order valence-electron chi connectivity index (χ3n) is 5.02. The molecule has 0 aliphatic heterocycles. The van der Waals surface area contributed by atoms with Gasteiger partial charge in [0.2, 0.25) is 0 Å². The summed E-state index contributed by atoms with van der Waals surface area (Å²) >= 11 is 6.00. The smallest absolute Gasteiger partial charge is 0.251 e. The number of hydrogen-bond donors (Lipinski definition) is 1. The molecule has 1 amide bonds. The van der Waals surface area contributed by atoms with Crippen LogP contribution in [0.2, 0.25) is 5.02 Å². The van der Waals surface area contributed by atoms with Gasteiger partial charge in [-0.1, -0.05) is 48.0 Å². The van der Waals surface area contributed by atoms with Gasteiger partial charge in [-0.15, -0.1) is 0 Å². The van der Waals surface area contributed by atoms with Crippen molar-refractivity contribution < 1.29 is 9.53 Å². The number of nitrogens with one attached hydrogen (secondary N) is 1. The first kappa shape index (κ1) is 20.9. The molecule has 5 nitrogen and oxygen atoms in total. The van der Waals surface area contributed by atoms with Gasteiger partial charge in [0.25, 0.3) is 5.91 Å². The van der Waals surface area contributed by atoms with Crippen molar-refractivity contribution in [2.45, 2.75) is 25.9 Å². The molecule has 0 saturated heterocycles. The molecule has 31 heavy (non-hydrogen) atoms. The molecule has 0 atom stereocenters. The predicted molar refractivity (Wildman–Crippen MR) is 124 cm³/mol. The molecular weight excluding hydrogens is 410 g/mol. The van der Waals surface area contributed by atoms with Crippen LogP contribution in [-0.2, 0) is 13.1 Å². The standard InChI is InChI=1S/C25H24ClN3O2/c26-20-10-8-9-19(17-20)25(30)27-18-24-28-22-13-4-5-14-23(22)29(24)15-6-7-16-31-21-11-2-1-3-12-21/h1-5,8-14,17H,6-7,15-16,18H2,(H,27,30). The second-order valence-corrected chi connectivity index (χ2v) is 7.67. The second kappa shape index (κ2) is 10.1. The molecule has 4 aromatic rings. The lowest BCUT2D eigenvalue weighted by atomic mass is 10.2. The van der Waals surface area contributed by atoms with Crippen LogP contribution < -0.4 is 10.1 Å². The van der Waals surface area contributed by atoms with E-state index >= 15 is 0 Å². The van der Waals surface area contributed by atoms with Gasteiger partial charge in [0.15, 0.2) is 0 Å². The maximum absolute atomic E-state index is 12.5. The van der Waals surface area contributed by atoms with E-state index in [1.54, 1.807) is 24.3 Å². The summed E-state index contributed by atoms with van der Waals surface area (Å²) in [6.07, 6.45) is 1.87. The van der Waals surface area contributed by atoms with Crippen molar-refractivity contribution in [1.29, 1.82) is 0 Å². The fourth-order valence-corrected chi connectivity index (χ4v) is 3.67. The molecule has 0 bridgehead atoms. The van der Waals surface area contributed by atoms with Crippen molar-refractivity contribution in [3.63, 3.8) is 0 Å². The Hall–Kier alpha value is -3.31. The van der Waals surface area contributed by atoms with E-state index in [9.17, 15) is 4.79 Å². The van der Waals surface area contributed by atoms with Gasteiger partial charge in [-0.2, -0.15) is 0 Å². The average Bonchev–Trinajstić information content (AvgIpc) is 3.15. The number of fused-ring (bicyclic) bond motifs is 1. The molecule has 0 unspecified atom stereocenters. The molecule has 3 aromatic carbocycles. The van der Waals surface area contributed by atoms with Crippen molar-refractivity contribution in [2.24, 2.45) is 0 Å². The lowest BCUT2D eigenvalue weighted by Gasteiger charge is -2.11. The molecule has 1 heterocycles. The van der Waals surface area contributed by atoms with E-state index in [4.69, 9.17) is 21.3 Å². The zero-order valence-electron chi connectivity index (χ0n) is 17.1. The third kappa shape index (κ3) is 5.44. The van der Waals surface area contributed by atoms with Crippen LogP contribution in [-0.4, -0.2) is 22.1 Å². The number of amides is 1. The van der Waals surface area contributed by atoms with Gasteiger partial charge >= 0.3 is 0 Å². The summed E-state index contributed by atoms with van der Waals surface area (Å²) in [6.45, 7) is 1.82. The summed E-state index contributed by atoms with van der Waals surface area (Å²) in [6, 6.07) is 24.8. The first-order chi connectivity index (χ1) is 15.2. The fourth-order valence-electron chi connectivity index (χ4n) is 3.48. The quantitative estimate of drug-likeness (QED) is 0.355. The first-order valence-electron chi connectivity index (χ1n) is 10.4. The van der Waals surface area contributed by atoms with Gasteiger partial charge in [-0.25, -0.2) is 4.98 Å². The summed E-state index contributed by atoms with van der Waals surface area (Å²) in [7, 11) is 0. The largest absolute Gasteiger partial charge is 0.494 e. The van der Waals surface area contributed by atoms with E-state index in [1.165, 1.54) is 0 Å². The zero-order valence-corrected chi connectivity index (χ0v) is 17.9. The lowest BCUT2D eigenvalue weighted by Crippen LogP contribution is -2.24. The highest BCUT2D eigenvalue weighted by Gasteiger charge is 2.12. The Kier molecular flexibility index (Phi) is 6.85. The van der Waals surface area contributed by atoms with Crippen LogP contribution in [0, 0.1) is 0 Å². The molecule has 1 aromatic heterocycles. The molecule has 1 N–H and O–H groups in total. The van der Waals surface area contributed by atoms with Crippen molar-refractivity contribution in [2.75, 3.05) is 6.61 Å². The van der Waals surface area contributed by atoms with Gasteiger partial charge in [-0.3, -0.25) is 4.79 Å². The van der Waals surface area contributed by atoms with Crippen molar-refractivity contribution in [3.8, 4) is 5.75 Å². The van der Waals surface area contributed by atoms with Crippen LogP contribution >= 0.6 is 11.6 Å². The van der Waals surface area contributed by atoms with Crippen LogP contribution in [0.4, 0.5) is 0 Å². The van der Waals surface area contributed by atoms with Crippen LogP contribution in [0.25, 0.3) is 11.0 Å². The van der Waals surface area contributed by atoms with Crippen LogP contribution in [0.3, 0.4) is 0 Å². The Morgan fingerprint density at radius 1 is 0.968 bits per heavy atom. The minimum absolute atomic E-state index is 0.169. The van der Waals surface area contributed by atoms with Crippen molar-refractivity contribution >= 4 is 28.5 Å². The molecule has 0 aliphatic rings. The number of unbranched alkanes of at least 4 members (excludes halogenated alkanes) is 1. The molecule has 6 heteroatoms. The number of halogens is 1. The number of imidazole rings is 1. The van der Waals surface area contributed by atoms with Gasteiger partial charge in [0.05, 0.1) is 24.2 Å². The highest BCUT2D eigenvalue weighted by atomic mass is 35.5. The highest BCUT2D eigenvalue weighted by Crippen LogP contribution is 2.18. The van der Waals surface area contributed by atoms with Crippen LogP contribution in [0.1, 0.15) is 29.0 Å². The van der Waals surface area contributed by atoms with Crippen molar-refractivity contribution in [1.82, 2.24) is 14.9 Å². The summed E-state index contributed by atoms with van der Waals surface area (Å²) in [4.78, 5) is 17.2. The fraction of sp³-hybridized carbons (Fsp3) is 0.200. The number of benzene rings is 3. The molecule has 0 spiro atoms. The number of ether oxygens (including phenoxy) is 1. The highest BCUT2D eigenvalue weighted by molar-refractivity contribution is 6.30. The molecule has 0 radical (unpaired) electrons. The molecular formula is C25H24ClN3O2. The maximum Gasteiger partial charge on any atom is 0.251 e. The number of aryl methyl sites for hydroxylation is 1. The Morgan fingerprint density at radius 2 is 1.77 bits per heavy atom. The third-order valence-corrected chi connectivity index (χ3v) is 5.25. The average molecular weight is 434 g/mol. The minimum atomic E-state index is -0.169. The molecule has 0 aliphatic carbocycles. The second-order valence-electron chi connectivity index (χ2n) is 7.23. The number of rotatable bonds is 9.